The Morgan fingerprint density at radius 3 is 1.83 bits per heavy atom. The number of aliphatic hydroxyl groups excluding tert-OH is 3. The molecule has 0 bridgehead atoms. The van der Waals surface area contributed by atoms with Crippen LogP contribution in [0.25, 0.3) is 12.2 Å². The van der Waals surface area contributed by atoms with E-state index in [0.717, 1.165) is 24.8 Å². The number of phenols is 2. The maximum atomic E-state index is 12.4. The summed E-state index contributed by atoms with van der Waals surface area (Å²) in [5.41, 5.74) is 1.41. The van der Waals surface area contributed by atoms with Crippen molar-refractivity contribution < 1.29 is 44.5 Å². The molecule has 9 nitrogen and oxygen atoms in total. The Morgan fingerprint density at radius 2 is 1.23 bits per heavy atom. The molecular formula is C38H56O9. The number of aromatic hydroxyl groups is 2. The first-order chi connectivity index (χ1) is 22.8. The van der Waals surface area contributed by atoms with E-state index < -0.39 is 36.7 Å². The molecule has 0 radical (unpaired) electrons. The molecule has 1 saturated heterocycles. The smallest absolute Gasteiger partial charge is 0.305 e. The molecule has 5 atom stereocenters. The fraction of sp³-hybridized carbons (Fsp3) is 0.605. The van der Waals surface area contributed by atoms with Crippen molar-refractivity contribution in [2.75, 3.05) is 6.61 Å². The fourth-order valence-corrected chi connectivity index (χ4v) is 5.72. The lowest BCUT2D eigenvalue weighted by molar-refractivity contribution is -0.278. The molecule has 1 aliphatic heterocycles. The average molecular weight is 657 g/mol. The van der Waals surface area contributed by atoms with Crippen LogP contribution in [0.3, 0.4) is 0 Å². The summed E-state index contributed by atoms with van der Waals surface area (Å²) in [4.78, 5) is 12.4. The third-order valence-corrected chi connectivity index (χ3v) is 8.59. The molecule has 47 heavy (non-hydrogen) atoms. The number of hydrogen-bond donors (Lipinski definition) is 5. The molecule has 1 aliphatic rings. The number of carbonyl (C=O) groups excluding carboxylic acids is 1. The van der Waals surface area contributed by atoms with Gasteiger partial charge < -0.3 is 39.7 Å². The molecule has 2 aromatic carbocycles. The summed E-state index contributed by atoms with van der Waals surface area (Å²) in [5.74, 6) is -0.191. The van der Waals surface area contributed by atoms with Gasteiger partial charge in [-0.05, 0) is 41.8 Å². The van der Waals surface area contributed by atoms with Gasteiger partial charge in [-0.25, -0.2) is 0 Å². The van der Waals surface area contributed by atoms with Gasteiger partial charge in [0, 0.05) is 12.5 Å². The van der Waals surface area contributed by atoms with Crippen molar-refractivity contribution in [3.63, 3.8) is 0 Å². The number of ether oxygens (including phenoxy) is 3. The van der Waals surface area contributed by atoms with Crippen LogP contribution in [0, 0.1) is 0 Å². The van der Waals surface area contributed by atoms with E-state index >= 15 is 0 Å². The van der Waals surface area contributed by atoms with Gasteiger partial charge >= 0.3 is 5.97 Å². The molecule has 0 aromatic heterocycles. The second-order valence-electron chi connectivity index (χ2n) is 12.7. The third kappa shape index (κ3) is 14.7. The van der Waals surface area contributed by atoms with Gasteiger partial charge in [-0.3, -0.25) is 4.79 Å². The van der Waals surface area contributed by atoms with E-state index in [4.69, 9.17) is 14.2 Å². The maximum absolute atomic E-state index is 12.4. The zero-order valence-corrected chi connectivity index (χ0v) is 28.0. The van der Waals surface area contributed by atoms with Gasteiger partial charge in [0.15, 0.2) is 0 Å². The molecule has 1 fully saturated rings. The zero-order valence-electron chi connectivity index (χ0n) is 28.0. The minimum Gasteiger partial charge on any atom is -0.508 e. The molecule has 0 saturated carbocycles. The van der Waals surface area contributed by atoms with Crippen molar-refractivity contribution in [1.29, 1.82) is 0 Å². The summed E-state index contributed by atoms with van der Waals surface area (Å²) in [5, 5.41) is 51.1. The Morgan fingerprint density at radius 1 is 0.681 bits per heavy atom. The summed E-state index contributed by atoms with van der Waals surface area (Å²) < 4.78 is 16.8. The highest BCUT2D eigenvalue weighted by molar-refractivity contribution is 5.71. The monoisotopic (exact) mass is 656 g/mol. The van der Waals surface area contributed by atoms with E-state index in [-0.39, 0.29) is 30.3 Å². The quantitative estimate of drug-likeness (QED) is 0.0502. The lowest BCUT2D eigenvalue weighted by Gasteiger charge is -2.39. The summed E-state index contributed by atoms with van der Waals surface area (Å²) in [6.45, 7) is 1.95. The highest BCUT2D eigenvalue weighted by Crippen LogP contribution is 2.29. The minimum absolute atomic E-state index is 0.0944. The molecule has 0 spiro atoms. The lowest BCUT2D eigenvalue weighted by Crippen LogP contribution is -2.60. The van der Waals surface area contributed by atoms with E-state index in [0.29, 0.717) is 5.56 Å². The normalized spacial score (nSPS) is 21.2. The fourth-order valence-electron chi connectivity index (χ4n) is 5.72. The largest absolute Gasteiger partial charge is 0.508 e. The molecule has 0 amide bonds. The van der Waals surface area contributed by atoms with Gasteiger partial charge in [0.05, 0.1) is 0 Å². The van der Waals surface area contributed by atoms with Gasteiger partial charge in [-0.2, -0.15) is 0 Å². The van der Waals surface area contributed by atoms with Gasteiger partial charge in [-0.15, -0.1) is 0 Å². The topological polar surface area (TPSA) is 146 Å². The molecule has 2 aromatic rings. The zero-order chi connectivity index (χ0) is 33.9. The van der Waals surface area contributed by atoms with E-state index in [1.54, 1.807) is 42.5 Å². The van der Waals surface area contributed by atoms with Crippen molar-refractivity contribution in [1.82, 2.24) is 0 Å². The maximum Gasteiger partial charge on any atom is 0.305 e. The molecule has 3 rings (SSSR count). The van der Waals surface area contributed by atoms with Crippen LogP contribution in [0.4, 0.5) is 0 Å². The summed E-state index contributed by atoms with van der Waals surface area (Å²) in [6, 6.07) is 11.0. The van der Waals surface area contributed by atoms with Crippen LogP contribution in [0.1, 0.15) is 121 Å². The Hall–Kier alpha value is -3.11. The molecule has 0 aliphatic carbocycles. The number of hydrogen-bond acceptors (Lipinski definition) is 9. The van der Waals surface area contributed by atoms with Gasteiger partial charge in [0.2, 0.25) is 6.29 Å². The van der Waals surface area contributed by atoms with Crippen molar-refractivity contribution >= 4 is 18.1 Å². The van der Waals surface area contributed by atoms with Crippen LogP contribution in [0.15, 0.2) is 42.5 Å². The molecule has 1 heterocycles. The van der Waals surface area contributed by atoms with E-state index in [1.807, 2.05) is 0 Å². The van der Waals surface area contributed by atoms with Crippen LogP contribution in [0.2, 0.25) is 0 Å². The van der Waals surface area contributed by atoms with Crippen molar-refractivity contribution in [3.8, 4) is 17.2 Å². The van der Waals surface area contributed by atoms with Crippen molar-refractivity contribution in [2.24, 2.45) is 0 Å². The standard InChI is InChI=1S/C38H56O9/c1-2-3-4-5-6-7-8-9-10-11-12-13-14-15-16-17-34(41)45-27-33-35(42)36(43)37(44)38(47-33)46-32-25-29(24-31(40)26-32)19-18-28-20-22-30(39)23-21-28/h18-26,33,35-40,42-44H,2-17,27H2,1H3/b19-18+. The number of aliphatic hydroxyl groups is 3. The summed E-state index contributed by atoms with van der Waals surface area (Å²) in [7, 11) is 0. The minimum atomic E-state index is -1.60. The van der Waals surface area contributed by atoms with Gasteiger partial charge in [0.25, 0.3) is 0 Å². The summed E-state index contributed by atoms with van der Waals surface area (Å²) in [6.07, 6.45) is 15.2. The second kappa shape index (κ2) is 21.7. The summed E-state index contributed by atoms with van der Waals surface area (Å²) >= 11 is 0. The van der Waals surface area contributed by atoms with Crippen LogP contribution in [0.5, 0.6) is 17.2 Å². The first-order valence-corrected chi connectivity index (χ1v) is 17.6. The van der Waals surface area contributed by atoms with E-state index in [1.165, 1.54) is 89.2 Å². The van der Waals surface area contributed by atoms with Crippen molar-refractivity contribution in [3.05, 3.63) is 53.6 Å². The molecule has 5 N–H and O–H groups in total. The Bertz CT molecular complexity index is 1180. The first kappa shape index (κ1) is 38.3. The number of phenolic OH excluding ortho intramolecular Hbond substituents is 2. The van der Waals surface area contributed by atoms with E-state index in [2.05, 4.69) is 6.92 Å². The van der Waals surface area contributed by atoms with Crippen LogP contribution < -0.4 is 4.74 Å². The predicted octanol–water partition coefficient (Wildman–Crippen LogP) is 7.26. The van der Waals surface area contributed by atoms with E-state index in [9.17, 15) is 30.3 Å². The average Bonchev–Trinajstić information content (AvgIpc) is 3.05. The van der Waals surface area contributed by atoms with Crippen LogP contribution in [-0.2, 0) is 14.3 Å². The van der Waals surface area contributed by atoms with Gasteiger partial charge in [-0.1, -0.05) is 121 Å². The molecular weight excluding hydrogens is 600 g/mol. The number of unbranched alkanes of at least 4 members (excludes halogenated alkanes) is 14. The highest BCUT2D eigenvalue weighted by atomic mass is 16.7. The first-order valence-electron chi connectivity index (χ1n) is 17.6. The Labute approximate surface area is 280 Å². The highest BCUT2D eigenvalue weighted by Gasteiger charge is 2.45. The number of rotatable bonds is 22. The Kier molecular flexibility index (Phi) is 17.7. The molecule has 5 unspecified atom stereocenters. The van der Waals surface area contributed by atoms with Gasteiger partial charge in [0.1, 0.15) is 48.3 Å². The number of carbonyl (C=O) groups is 1. The lowest BCUT2D eigenvalue weighted by atomic mass is 9.99. The second-order valence-corrected chi connectivity index (χ2v) is 12.7. The molecule has 9 heteroatoms. The third-order valence-electron chi connectivity index (χ3n) is 8.59. The Balaban J connectivity index is 1.33. The SMILES string of the molecule is CCCCCCCCCCCCCCCCCC(=O)OCC1OC(Oc2cc(O)cc(/C=C/c3ccc(O)cc3)c2)C(O)C(O)C1O. The molecule has 262 valence electrons. The van der Waals surface area contributed by atoms with Crippen LogP contribution in [-0.4, -0.2) is 68.8 Å². The van der Waals surface area contributed by atoms with Crippen molar-refractivity contribution in [2.45, 2.75) is 140 Å². The number of esters is 1. The van der Waals surface area contributed by atoms with Crippen LogP contribution >= 0.6 is 0 Å². The number of benzene rings is 2. The predicted molar refractivity (Wildman–Crippen MR) is 183 cm³/mol.